The monoisotopic (exact) mass is 263 g/mol. The van der Waals surface area contributed by atoms with Crippen molar-refractivity contribution in [2.75, 3.05) is 0 Å². The summed E-state index contributed by atoms with van der Waals surface area (Å²) in [7, 11) is 0. The minimum absolute atomic E-state index is 0. The maximum atomic E-state index is 8.44. The first-order valence-corrected chi connectivity index (χ1v) is 1.90. The molecule has 12 heteroatoms. The molecule has 0 fully saturated rings. The van der Waals surface area contributed by atoms with Gasteiger partial charge in [0.2, 0.25) is 18.5 Å². The first kappa shape index (κ1) is 36.1. The standard InChI is InChI=1S/3CH2O3.K.H3N.Na/c3*2-1(3)4;;;/h3*(H2,2,3,4);;1H3;/q;;;+1;;+1/p-2. The Bertz CT molecular complexity index is 123. The van der Waals surface area contributed by atoms with Crippen LogP contribution in [-0.2, 0) is 0 Å². The van der Waals surface area contributed by atoms with Gasteiger partial charge in [-0.1, -0.05) is 0 Å². The van der Waals surface area contributed by atoms with Gasteiger partial charge in [-0.2, -0.15) is 0 Å². The first-order valence-electron chi connectivity index (χ1n) is 1.90. The van der Waals surface area contributed by atoms with Gasteiger partial charge >= 0.3 is 80.9 Å². The predicted molar refractivity (Wildman–Crippen MR) is 30.1 cm³/mol. The van der Waals surface area contributed by atoms with Gasteiger partial charge in [-0.05, 0) is 0 Å². The molecule has 0 rings (SSSR count). The van der Waals surface area contributed by atoms with Gasteiger partial charge in [0, 0.05) is 0 Å². The molecule has 0 radical (unpaired) electrons. The van der Waals surface area contributed by atoms with E-state index in [0.717, 1.165) is 0 Å². The fourth-order valence-electron chi connectivity index (χ4n) is 0. The van der Waals surface area contributed by atoms with Crippen molar-refractivity contribution in [3.05, 3.63) is 0 Å². The molecule has 15 heavy (non-hydrogen) atoms. The van der Waals surface area contributed by atoms with E-state index in [0.29, 0.717) is 0 Å². The third-order valence-corrected chi connectivity index (χ3v) is 0. The maximum Gasteiger partial charge on any atom is 1.00 e. The van der Waals surface area contributed by atoms with Gasteiger partial charge in [-0.15, -0.1) is 0 Å². The van der Waals surface area contributed by atoms with Crippen molar-refractivity contribution in [1.82, 2.24) is 6.15 Å². The Labute approximate surface area is 148 Å². The minimum Gasteiger partial charge on any atom is -0.565 e. The van der Waals surface area contributed by atoms with Crippen LogP contribution in [0.15, 0.2) is 0 Å². The summed E-state index contributed by atoms with van der Waals surface area (Å²) in [4.78, 5) is 25.3. The molecule has 0 saturated heterocycles. The van der Waals surface area contributed by atoms with E-state index < -0.39 is 18.5 Å². The Hall–Kier alpha value is 0.406. The van der Waals surface area contributed by atoms with E-state index in [9.17, 15) is 0 Å². The zero-order valence-corrected chi connectivity index (χ0v) is 13.4. The zero-order valence-electron chi connectivity index (χ0n) is 8.29. The van der Waals surface area contributed by atoms with Crippen molar-refractivity contribution in [3.63, 3.8) is 0 Å². The fourth-order valence-corrected chi connectivity index (χ4v) is 0. The molecule has 7 N–H and O–H groups in total. The van der Waals surface area contributed by atoms with Crippen LogP contribution in [0.25, 0.3) is 0 Å². The van der Waals surface area contributed by atoms with E-state index in [2.05, 4.69) is 0 Å². The molecule has 0 saturated carbocycles. The SMILES string of the molecule is O=C([O-])O.O=C([O-])O.O=C([O-])O.[K+].[NH4+].[Na+]. The van der Waals surface area contributed by atoms with Gasteiger partial charge in [-0.25, -0.2) is 0 Å². The van der Waals surface area contributed by atoms with E-state index >= 15 is 0 Å². The third kappa shape index (κ3) is 13400. The Balaban J connectivity index is -0.0000000184. The Morgan fingerprint density at radius 2 is 0.733 bits per heavy atom. The van der Waals surface area contributed by atoms with Gasteiger partial charge in [0.15, 0.2) is 0 Å². The summed E-state index contributed by atoms with van der Waals surface area (Å²) in [6.07, 6.45) is -6.25. The van der Waals surface area contributed by atoms with Crippen LogP contribution in [0.2, 0.25) is 0 Å². The molecule has 0 heterocycles. The number of hydrogen-bond acceptors (Lipinski definition) is 6. The second kappa shape index (κ2) is 29.3. The number of carbonyl (C=O) groups is 3. The van der Waals surface area contributed by atoms with E-state index in [-0.39, 0.29) is 87.1 Å². The van der Waals surface area contributed by atoms with Crippen LogP contribution in [0.3, 0.4) is 0 Å². The molecule has 0 aromatic rings. The molecule has 0 aliphatic rings. The smallest absolute Gasteiger partial charge is 0.565 e. The maximum absolute atomic E-state index is 8.44. The van der Waals surface area contributed by atoms with E-state index in [1.165, 1.54) is 0 Å². The van der Waals surface area contributed by atoms with E-state index in [4.69, 9.17) is 45.0 Å². The topological polar surface area (TPSA) is 218 Å². The van der Waals surface area contributed by atoms with Gasteiger partial charge in [0.05, 0.1) is 0 Å². The van der Waals surface area contributed by atoms with Crippen molar-refractivity contribution in [2.45, 2.75) is 0 Å². The van der Waals surface area contributed by atoms with Crippen LogP contribution in [0.5, 0.6) is 0 Å². The van der Waals surface area contributed by atoms with Crippen molar-refractivity contribution < 1.29 is 126 Å². The third-order valence-electron chi connectivity index (χ3n) is 0. The van der Waals surface area contributed by atoms with E-state index in [1.807, 2.05) is 0 Å². The molecule has 0 aromatic heterocycles. The van der Waals surface area contributed by atoms with E-state index in [1.54, 1.807) is 0 Å². The number of carboxylic acid groups (broad SMARTS) is 6. The summed E-state index contributed by atoms with van der Waals surface area (Å²) < 4.78 is 0. The van der Waals surface area contributed by atoms with Crippen LogP contribution < -0.4 is 102 Å². The van der Waals surface area contributed by atoms with Gasteiger partial charge in [-0.3, -0.25) is 0 Å². The second-order valence-corrected chi connectivity index (χ2v) is 0.798. The summed E-state index contributed by atoms with van der Waals surface area (Å²) in [6, 6.07) is 0. The molecule has 0 aliphatic carbocycles. The van der Waals surface area contributed by atoms with Gasteiger partial charge in [0.1, 0.15) is 0 Å². The van der Waals surface area contributed by atoms with Crippen molar-refractivity contribution in [1.29, 1.82) is 0 Å². The fraction of sp³-hybridized carbons (Fsp3) is 0. The predicted octanol–water partition coefficient (Wildman–Crippen LogP) is -8.95. The van der Waals surface area contributed by atoms with Crippen molar-refractivity contribution in [2.24, 2.45) is 0 Å². The Morgan fingerprint density at radius 1 is 0.733 bits per heavy atom. The molecular weight excluding hydrogens is 256 g/mol. The summed E-state index contributed by atoms with van der Waals surface area (Å²) in [5.74, 6) is 0. The number of quaternary nitrogens is 1. The molecular formula is C3H7KNNaO9. The molecule has 0 atom stereocenters. The van der Waals surface area contributed by atoms with Crippen molar-refractivity contribution in [3.8, 4) is 0 Å². The van der Waals surface area contributed by atoms with Gasteiger partial charge in [0.25, 0.3) is 0 Å². The summed E-state index contributed by atoms with van der Waals surface area (Å²) in [5, 5.41) is 45.9. The van der Waals surface area contributed by atoms with Crippen molar-refractivity contribution >= 4 is 18.5 Å². The van der Waals surface area contributed by atoms with Crippen LogP contribution in [0.4, 0.5) is 14.4 Å². The summed E-state index contributed by atoms with van der Waals surface area (Å²) in [5.41, 5.74) is 0. The van der Waals surface area contributed by atoms with Crippen LogP contribution in [0, 0.1) is 0 Å². The molecule has 10 nitrogen and oxygen atoms in total. The van der Waals surface area contributed by atoms with Crippen LogP contribution in [0.1, 0.15) is 0 Å². The molecule has 0 amide bonds. The Morgan fingerprint density at radius 3 is 0.733 bits per heavy atom. The summed E-state index contributed by atoms with van der Waals surface area (Å²) in [6.45, 7) is 0. The molecule has 80 valence electrons. The number of hydrogen-bond donors (Lipinski definition) is 4. The van der Waals surface area contributed by atoms with Crippen LogP contribution >= 0.6 is 0 Å². The number of rotatable bonds is 0. The normalized spacial score (nSPS) is 4.80. The first-order chi connectivity index (χ1) is 5.20. The minimum atomic E-state index is -2.08. The average molecular weight is 263 g/mol. The largest absolute Gasteiger partial charge is 1.00 e. The molecule has 0 unspecified atom stereocenters. The Kier molecular flexibility index (Phi) is 70.5. The van der Waals surface area contributed by atoms with Gasteiger partial charge < -0.3 is 51.2 Å². The average Bonchev–Trinajstić information content (AvgIpc) is 1.54. The van der Waals surface area contributed by atoms with Crippen LogP contribution in [-0.4, -0.2) is 33.8 Å². The molecule has 0 aromatic carbocycles. The second-order valence-electron chi connectivity index (χ2n) is 0.798. The summed E-state index contributed by atoms with van der Waals surface area (Å²) >= 11 is 0. The molecule has 0 bridgehead atoms. The zero-order chi connectivity index (χ0) is 10.7. The quantitative estimate of drug-likeness (QED) is 0.304. The molecule has 0 aliphatic heterocycles. The molecule has 0 spiro atoms.